The molecule has 3 heterocycles. The van der Waals surface area contributed by atoms with E-state index in [0.29, 0.717) is 24.5 Å². The molecule has 1 aromatic heterocycles. The Bertz CT molecular complexity index is 1420. The Labute approximate surface area is 214 Å². The Hall–Kier alpha value is -2.86. The van der Waals surface area contributed by atoms with E-state index < -0.39 is 37.6 Å². The Morgan fingerprint density at radius 2 is 1.92 bits per heavy atom. The number of halogens is 2. The number of rotatable bonds is 4. The number of carbonyl (C=O) groups excluding carboxylic acids is 2. The number of nitrogens with one attached hydrogen (secondary N) is 2. The molecule has 4 N–H and O–H groups in total. The van der Waals surface area contributed by atoms with E-state index in [1.807, 2.05) is 0 Å². The molecule has 0 bridgehead atoms. The molecule has 2 aliphatic heterocycles. The predicted molar refractivity (Wildman–Crippen MR) is 133 cm³/mol. The number of benzene rings is 1. The average molecular weight is 536 g/mol. The Kier molecular flexibility index (Phi) is 6.49. The van der Waals surface area contributed by atoms with E-state index in [0.717, 1.165) is 23.3 Å². The molecule has 0 fully saturated rings. The summed E-state index contributed by atoms with van der Waals surface area (Å²) in [5.74, 6) is -1.90. The van der Waals surface area contributed by atoms with Gasteiger partial charge in [-0.2, -0.15) is 0 Å². The predicted octanol–water partition coefficient (Wildman–Crippen LogP) is 2.78. The highest BCUT2D eigenvalue weighted by atomic mass is 35.5. The summed E-state index contributed by atoms with van der Waals surface area (Å²) >= 11 is 6.27. The van der Waals surface area contributed by atoms with Crippen LogP contribution in [-0.2, 0) is 20.4 Å². The van der Waals surface area contributed by atoms with Crippen molar-refractivity contribution >= 4 is 39.1 Å². The van der Waals surface area contributed by atoms with Crippen LogP contribution in [0.4, 0.5) is 10.1 Å². The largest absolute Gasteiger partial charge is 0.324 e. The van der Waals surface area contributed by atoms with Gasteiger partial charge in [0.25, 0.3) is 5.91 Å². The third-order valence-corrected chi connectivity index (χ3v) is 7.68. The number of nitrogens with two attached hydrogens (primary N) is 1. The molecule has 2 aromatic rings. The zero-order valence-electron chi connectivity index (χ0n) is 20.3. The van der Waals surface area contributed by atoms with E-state index in [2.05, 4.69) is 15.6 Å². The van der Waals surface area contributed by atoms with Crippen LogP contribution in [0.1, 0.15) is 43.7 Å². The van der Waals surface area contributed by atoms with Crippen LogP contribution >= 0.6 is 11.6 Å². The van der Waals surface area contributed by atoms with Gasteiger partial charge in [-0.15, -0.1) is 0 Å². The highest BCUT2D eigenvalue weighted by Crippen LogP contribution is 2.47. The van der Waals surface area contributed by atoms with E-state index >= 15 is 0 Å². The van der Waals surface area contributed by atoms with Crippen molar-refractivity contribution in [1.82, 2.24) is 15.2 Å². The van der Waals surface area contributed by atoms with Gasteiger partial charge in [0.05, 0.1) is 11.4 Å². The Morgan fingerprint density at radius 1 is 1.22 bits per heavy atom. The summed E-state index contributed by atoms with van der Waals surface area (Å²) in [5.41, 5.74) is 0.775. The van der Waals surface area contributed by atoms with Gasteiger partial charge in [0.2, 0.25) is 15.9 Å². The van der Waals surface area contributed by atoms with E-state index in [1.165, 1.54) is 11.0 Å². The van der Waals surface area contributed by atoms with Gasteiger partial charge in [-0.1, -0.05) is 32.4 Å². The molecule has 0 spiro atoms. The number of sulfonamides is 1. The molecule has 2 aliphatic rings. The molecule has 1 aromatic carbocycles. The molecule has 0 aliphatic carbocycles. The van der Waals surface area contributed by atoms with Crippen molar-refractivity contribution in [3.63, 3.8) is 0 Å². The van der Waals surface area contributed by atoms with Crippen LogP contribution in [0, 0.1) is 11.2 Å². The maximum Gasteiger partial charge on any atom is 0.255 e. The average Bonchev–Trinajstić information content (AvgIpc) is 3.35. The van der Waals surface area contributed by atoms with E-state index in [-0.39, 0.29) is 23.2 Å². The second kappa shape index (κ2) is 8.91. The van der Waals surface area contributed by atoms with Crippen LogP contribution in [-0.4, -0.2) is 49.8 Å². The van der Waals surface area contributed by atoms with Crippen LogP contribution in [0.25, 0.3) is 0 Å². The first-order chi connectivity index (χ1) is 16.6. The molecule has 4 rings (SSSR count). The zero-order chi connectivity index (χ0) is 26.6. The number of pyridine rings is 1. The van der Waals surface area contributed by atoms with Crippen LogP contribution in [0.5, 0.6) is 0 Å². The summed E-state index contributed by atoms with van der Waals surface area (Å²) in [6.07, 6.45) is 0. The molecule has 1 atom stereocenters. The Morgan fingerprint density at radius 3 is 2.53 bits per heavy atom. The van der Waals surface area contributed by atoms with Gasteiger partial charge in [-0.3, -0.25) is 9.59 Å². The normalized spacial score (nSPS) is 20.0. The second-order valence-corrected chi connectivity index (χ2v) is 12.0. The lowest BCUT2D eigenvalue weighted by Gasteiger charge is -2.39. The monoisotopic (exact) mass is 535 g/mol. The standard InChI is InChI=1S/C24H27ClFN5O4S/c1-23(2,3)22(33)29-17-6-8-19(25)30-20(17)24(4)15-11-28-10-14(15)12-31(24)21(32)13-5-7-18(16(26)9-13)36(27,34)35/h5-9,28H,10-12H2,1-4H3,(H,29,33)(H2,27,34,35). The molecule has 9 nitrogen and oxygen atoms in total. The minimum atomic E-state index is -4.29. The summed E-state index contributed by atoms with van der Waals surface area (Å²) < 4.78 is 37.8. The number of amides is 2. The summed E-state index contributed by atoms with van der Waals surface area (Å²) in [6, 6.07) is 6.25. The first-order valence-electron chi connectivity index (χ1n) is 11.2. The van der Waals surface area contributed by atoms with Crippen molar-refractivity contribution < 1.29 is 22.4 Å². The lowest BCUT2D eigenvalue weighted by Crippen LogP contribution is -2.48. The Balaban J connectivity index is 1.83. The zero-order valence-corrected chi connectivity index (χ0v) is 21.8. The maximum atomic E-state index is 14.6. The fourth-order valence-corrected chi connectivity index (χ4v) is 5.27. The number of carbonyl (C=O) groups is 2. The summed E-state index contributed by atoms with van der Waals surface area (Å²) in [7, 11) is -4.29. The minimum absolute atomic E-state index is 0.0532. The summed E-state index contributed by atoms with van der Waals surface area (Å²) in [5, 5.41) is 11.4. The quantitative estimate of drug-likeness (QED) is 0.407. The highest BCUT2D eigenvalue weighted by Gasteiger charge is 2.50. The van der Waals surface area contributed by atoms with Crippen LogP contribution in [0.2, 0.25) is 5.15 Å². The van der Waals surface area contributed by atoms with E-state index in [9.17, 15) is 22.4 Å². The molecule has 12 heteroatoms. The molecule has 0 saturated heterocycles. The van der Waals surface area contributed by atoms with E-state index in [4.69, 9.17) is 16.7 Å². The topological polar surface area (TPSA) is 134 Å². The van der Waals surface area contributed by atoms with Crippen molar-refractivity contribution in [3.8, 4) is 0 Å². The number of nitrogens with zero attached hydrogens (tertiary/aromatic N) is 2. The number of hydrogen-bond donors (Lipinski definition) is 3. The number of primary sulfonamides is 1. The highest BCUT2D eigenvalue weighted by molar-refractivity contribution is 7.89. The van der Waals surface area contributed by atoms with Crippen molar-refractivity contribution in [1.29, 1.82) is 0 Å². The minimum Gasteiger partial charge on any atom is -0.324 e. The first kappa shape index (κ1) is 26.2. The number of aromatic nitrogens is 1. The van der Waals surface area contributed by atoms with Gasteiger partial charge in [-0.25, -0.2) is 22.9 Å². The van der Waals surface area contributed by atoms with Crippen molar-refractivity contribution in [2.75, 3.05) is 25.0 Å². The van der Waals surface area contributed by atoms with Gasteiger partial charge in [0.1, 0.15) is 21.4 Å². The third kappa shape index (κ3) is 4.52. The van der Waals surface area contributed by atoms with Crippen LogP contribution in [0.3, 0.4) is 0 Å². The molecular formula is C24H27ClFN5O4S. The van der Waals surface area contributed by atoms with Gasteiger partial charge < -0.3 is 15.5 Å². The van der Waals surface area contributed by atoms with Crippen molar-refractivity contribution in [2.24, 2.45) is 10.6 Å². The van der Waals surface area contributed by atoms with Gasteiger partial charge >= 0.3 is 0 Å². The number of anilines is 1. The van der Waals surface area contributed by atoms with E-state index in [1.54, 1.807) is 39.8 Å². The van der Waals surface area contributed by atoms with Gasteiger partial charge in [0, 0.05) is 30.6 Å². The SMILES string of the molecule is CC(C)(C)C(=O)Nc1ccc(Cl)nc1C1(C)C2=C(CNC2)CN1C(=O)c1ccc(S(N)(=O)=O)c(F)c1. The lowest BCUT2D eigenvalue weighted by atomic mass is 9.86. The fourth-order valence-electron chi connectivity index (χ4n) is 4.53. The van der Waals surface area contributed by atoms with Gasteiger partial charge in [0.15, 0.2) is 0 Å². The molecule has 192 valence electrons. The van der Waals surface area contributed by atoms with Crippen LogP contribution < -0.4 is 15.8 Å². The van der Waals surface area contributed by atoms with Crippen LogP contribution in [0.15, 0.2) is 46.4 Å². The van der Waals surface area contributed by atoms with Gasteiger partial charge in [-0.05, 0) is 48.4 Å². The smallest absolute Gasteiger partial charge is 0.255 e. The first-order valence-corrected chi connectivity index (χ1v) is 13.1. The molecule has 1 unspecified atom stereocenters. The summed E-state index contributed by atoms with van der Waals surface area (Å²) in [4.78, 5) is 31.9. The van der Waals surface area contributed by atoms with Crippen molar-refractivity contribution in [3.05, 3.63) is 63.7 Å². The molecule has 36 heavy (non-hydrogen) atoms. The molecule has 0 radical (unpaired) electrons. The number of hydrogen-bond acceptors (Lipinski definition) is 6. The fraction of sp³-hybridized carbons (Fsp3) is 0.375. The third-order valence-electron chi connectivity index (χ3n) is 6.53. The van der Waals surface area contributed by atoms with Crippen molar-refractivity contribution in [2.45, 2.75) is 38.1 Å². The maximum absolute atomic E-state index is 14.6. The second-order valence-electron chi connectivity index (χ2n) is 10.1. The molecule has 2 amide bonds. The molecular weight excluding hydrogens is 509 g/mol. The summed E-state index contributed by atoms with van der Waals surface area (Å²) in [6.45, 7) is 8.41. The molecule has 0 saturated carbocycles. The lowest BCUT2D eigenvalue weighted by molar-refractivity contribution is -0.123.